The molecule has 2 aromatic heterocycles. The van der Waals surface area contributed by atoms with E-state index in [0.29, 0.717) is 15.7 Å². The highest BCUT2D eigenvalue weighted by Gasteiger charge is 2.16. The molecule has 0 saturated carbocycles. The van der Waals surface area contributed by atoms with E-state index in [-0.39, 0.29) is 5.91 Å². The van der Waals surface area contributed by atoms with Gasteiger partial charge >= 0.3 is 0 Å². The standard InChI is InChI=1S/C25H18ClN3O2S3/c1-31-19-11-10-15(12-16(19)14-32-25-28-18-7-3-5-9-21(18)34-25)13-27-29-24(30)23-22(26)17-6-2-4-8-20(17)33-23/h2-13H,14H2,1H3,(H,29,30). The van der Waals surface area contributed by atoms with E-state index in [1.165, 1.54) is 16.0 Å². The van der Waals surface area contributed by atoms with E-state index in [1.807, 2.05) is 60.7 Å². The van der Waals surface area contributed by atoms with Gasteiger partial charge in [-0.2, -0.15) is 5.10 Å². The molecule has 5 aromatic rings. The van der Waals surface area contributed by atoms with Gasteiger partial charge in [0.25, 0.3) is 5.91 Å². The number of amides is 1. The summed E-state index contributed by atoms with van der Waals surface area (Å²) in [5.41, 5.74) is 5.47. The Bertz CT molecular complexity index is 1490. The molecule has 0 aliphatic rings. The zero-order chi connectivity index (χ0) is 23.5. The minimum Gasteiger partial charge on any atom is -0.496 e. The van der Waals surface area contributed by atoms with Crippen molar-refractivity contribution in [3.63, 3.8) is 0 Å². The van der Waals surface area contributed by atoms with Crippen LogP contribution in [0.1, 0.15) is 20.8 Å². The van der Waals surface area contributed by atoms with E-state index in [9.17, 15) is 4.79 Å². The summed E-state index contributed by atoms with van der Waals surface area (Å²) in [5.74, 6) is 1.17. The molecule has 1 amide bonds. The lowest BCUT2D eigenvalue weighted by Gasteiger charge is -2.08. The number of thiazole rings is 1. The van der Waals surface area contributed by atoms with E-state index in [2.05, 4.69) is 21.6 Å². The molecule has 3 aromatic carbocycles. The van der Waals surface area contributed by atoms with Crippen LogP contribution in [0.4, 0.5) is 0 Å². The normalized spacial score (nSPS) is 11.5. The molecule has 0 bridgehead atoms. The fraction of sp³-hybridized carbons (Fsp3) is 0.0800. The molecule has 0 fully saturated rings. The lowest BCUT2D eigenvalue weighted by atomic mass is 10.1. The minimum atomic E-state index is -0.331. The third-order valence-electron chi connectivity index (χ3n) is 5.05. The third kappa shape index (κ3) is 4.81. The molecule has 1 N–H and O–H groups in total. The Labute approximate surface area is 213 Å². The highest BCUT2D eigenvalue weighted by molar-refractivity contribution is 8.00. The Morgan fingerprint density at radius 3 is 2.71 bits per heavy atom. The van der Waals surface area contributed by atoms with Crippen molar-refractivity contribution in [3.05, 3.63) is 87.8 Å². The molecule has 0 saturated heterocycles. The lowest BCUT2D eigenvalue weighted by molar-refractivity contribution is 0.0959. The second kappa shape index (κ2) is 10.1. The zero-order valence-electron chi connectivity index (χ0n) is 17.9. The van der Waals surface area contributed by atoms with Crippen LogP contribution in [0.15, 0.2) is 76.2 Å². The topological polar surface area (TPSA) is 63.6 Å². The number of thiophene rings is 1. The van der Waals surface area contributed by atoms with E-state index < -0.39 is 0 Å². The number of halogens is 1. The first kappa shape index (κ1) is 22.9. The number of carbonyl (C=O) groups excluding carboxylic acids is 1. The van der Waals surface area contributed by atoms with Gasteiger partial charge in [0.2, 0.25) is 0 Å². The first-order valence-electron chi connectivity index (χ1n) is 10.3. The van der Waals surface area contributed by atoms with Crippen molar-refractivity contribution in [1.29, 1.82) is 0 Å². The maximum Gasteiger partial charge on any atom is 0.283 e. The number of carbonyl (C=O) groups is 1. The average Bonchev–Trinajstić information content (AvgIpc) is 3.43. The molecule has 5 rings (SSSR count). The summed E-state index contributed by atoms with van der Waals surface area (Å²) in [6.07, 6.45) is 1.62. The van der Waals surface area contributed by atoms with Crippen LogP contribution in [0, 0.1) is 0 Å². The number of hydrogen-bond acceptors (Lipinski definition) is 7. The Kier molecular flexibility index (Phi) is 6.82. The summed E-state index contributed by atoms with van der Waals surface area (Å²) in [6.45, 7) is 0. The minimum absolute atomic E-state index is 0.331. The van der Waals surface area contributed by atoms with Gasteiger partial charge in [0.15, 0.2) is 4.34 Å². The molecular formula is C25H18ClN3O2S3. The smallest absolute Gasteiger partial charge is 0.283 e. The molecule has 2 heterocycles. The van der Waals surface area contributed by atoms with Crippen LogP contribution in [0.25, 0.3) is 20.3 Å². The van der Waals surface area contributed by atoms with Crippen molar-refractivity contribution in [3.8, 4) is 5.75 Å². The van der Waals surface area contributed by atoms with E-state index >= 15 is 0 Å². The maximum absolute atomic E-state index is 12.6. The number of hydrazone groups is 1. The second-order valence-corrected chi connectivity index (χ2v) is 10.9. The van der Waals surface area contributed by atoms with Crippen LogP contribution < -0.4 is 10.2 Å². The number of nitrogens with zero attached hydrogens (tertiary/aromatic N) is 2. The fourth-order valence-corrected chi connectivity index (χ4v) is 6.87. The number of ether oxygens (including phenoxy) is 1. The molecule has 0 spiro atoms. The second-order valence-electron chi connectivity index (χ2n) is 7.25. The average molecular weight is 524 g/mol. The van der Waals surface area contributed by atoms with Crippen molar-refractivity contribution < 1.29 is 9.53 Å². The van der Waals surface area contributed by atoms with Gasteiger partial charge in [0, 0.05) is 21.4 Å². The van der Waals surface area contributed by atoms with Gasteiger partial charge in [-0.3, -0.25) is 4.79 Å². The van der Waals surface area contributed by atoms with Crippen LogP contribution in [0.5, 0.6) is 5.75 Å². The van der Waals surface area contributed by atoms with E-state index in [4.69, 9.17) is 16.3 Å². The summed E-state index contributed by atoms with van der Waals surface area (Å²) in [4.78, 5) is 17.7. The molecule has 170 valence electrons. The quantitative estimate of drug-likeness (QED) is 0.139. The van der Waals surface area contributed by atoms with Crippen LogP contribution in [0.3, 0.4) is 0 Å². The van der Waals surface area contributed by atoms with Crippen LogP contribution in [-0.2, 0) is 5.75 Å². The summed E-state index contributed by atoms with van der Waals surface area (Å²) in [7, 11) is 1.66. The van der Waals surface area contributed by atoms with Gasteiger partial charge in [-0.1, -0.05) is 53.7 Å². The number of thioether (sulfide) groups is 1. The largest absolute Gasteiger partial charge is 0.496 e. The van der Waals surface area contributed by atoms with Gasteiger partial charge in [0.05, 0.1) is 28.6 Å². The Morgan fingerprint density at radius 1 is 1.12 bits per heavy atom. The number of aromatic nitrogens is 1. The predicted octanol–water partition coefficient (Wildman–Crippen LogP) is 7.23. The van der Waals surface area contributed by atoms with Crippen LogP contribution in [-0.4, -0.2) is 24.2 Å². The first-order chi connectivity index (χ1) is 16.6. The lowest BCUT2D eigenvalue weighted by Crippen LogP contribution is -2.16. The van der Waals surface area contributed by atoms with Crippen molar-refractivity contribution in [2.45, 2.75) is 10.1 Å². The summed E-state index contributed by atoms with van der Waals surface area (Å²) in [5, 5.41) is 5.46. The molecule has 0 radical (unpaired) electrons. The maximum atomic E-state index is 12.6. The molecule has 0 aliphatic carbocycles. The van der Waals surface area contributed by atoms with Crippen molar-refractivity contribution in [2.24, 2.45) is 5.10 Å². The first-order valence-corrected chi connectivity index (χ1v) is 13.3. The molecule has 0 aliphatic heterocycles. The van der Waals surface area contributed by atoms with Gasteiger partial charge in [-0.05, 0) is 42.0 Å². The molecule has 9 heteroatoms. The number of hydrogen-bond donors (Lipinski definition) is 1. The van der Waals surface area contributed by atoms with Gasteiger partial charge in [-0.15, -0.1) is 22.7 Å². The highest BCUT2D eigenvalue weighted by Crippen LogP contribution is 2.35. The van der Waals surface area contributed by atoms with Gasteiger partial charge in [-0.25, -0.2) is 10.4 Å². The van der Waals surface area contributed by atoms with E-state index in [1.54, 1.807) is 36.4 Å². The van der Waals surface area contributed by atoms with Crippen molar-refractivity contribution in [1.82, 2.24) is 10.4 Å². The molecule has 0 unspecified atom stereocenters. The Balaban J connectivity index is 1.28. The SMILES string of the molecule is COc1ccc(C=NNC(=O)c2sc3ccccc3c2Cl)cc1CSc1nc2ccccc2s1. The molecule has 34 heavy (non-hydrogen) atoms. The summed E-state index contributed by atoms with van der Waals surface area (Å²) >= 11 is 11.1. The number of para-hydroxylation sites is 1. The van der Waals surface area contributed by atoms with Gasteiger partial charge in [0.1, 0.15) is 10.6 Å². The summed E-state index contributed by atoms with van der Waals surface area (Å²) in [6, 6.07) is 21.6. The zero-order valence-corrected chi connectivity index (χ0v) is 21.2. The predicted molar refractivity (Wildman–Crippen MR) is 144 cm³/mol. The van der Waals surface area contributed by atoms with Crippen molar-refractivity contribution in [2.75, 3.05) is 7.11 Å². The number of nitrogens with one attached hydrogen (secondary N) is 1. The van der Waals surface area contributed by atoms with Crippen LogP contribution >= 0.6 is 46.0 Å². The molecular weight excluding hydrogens is 506 g/mol. The highest BCUT2D eigenvalue weighted by atomic mass is 35.5. The Hall–Kier alpha value is -2.91. The number of rotatable bonds is 7. The third-order valence-corrected chi connectivity index (χ3v) is 8.95. The Morgan fingerprint density at radius 2 is 1.91 bits per heavy atom. The van der Waals surface area contributed by atoms with Gasteiger partial charge < -0.3 is 4.74 Å². The molecule has 5 nitrogen and oxygen atoms in total. The molecule has 0 atom stereocenters. The van der Waals surface area contributed by atoms with Crippen LogP contribution in [0.2, 0.25) is 5.02 Å². The monoisotopic (exact) mass is 523 g/mol. The number of benzene rings is 3. The number of fused-ring (bicyclic) bond motifs is 2. The van der Waals surface area contributed by atoms with Crippen molar-refractivity contribution >= 4 is 78.5 Å². The number of methoxy groups -OCH3 is 1. The van der Waals surface area contributed by atoms with E-state index in [0.717, 1.165) is 36.8 Å². The fourth-order valence-electron chi connectivity index (χ4n) is 3.42. The summed E-state index contributed by atoms with van der Waals surface area (Å²) < 4.78 is 8.68.